The predicted octanol–water partition coefficient (Wildman–Crippen LogP) is 4.91. The molecular weight excluding hydrogens is 374 g/mol. The fourth-order valence-electron chi connectivity index (χ4n) is 3.65. The highest BCUT2D eigenvalue weighted by molar-refractivity contribution is 5.98. The van der Waals surface area contributed by atoms with Gasteiger partial charge in [0.05, 0.1) is 0 Å². The first-order valence-corrected chi connectivity index (χ1v) is 10.2. The van der Waals surface area contributed by atoms with E-state index in [1.165, 1.54) is 0 Å². The van der Waals surface area contributed by atoms with Crippen molar-refractivity contribution in [2.75, 3.05) is 22.1 Å². The SMILES string of the molecule is Cc1ccc(NC(=O)C(Nc2cccc(N3CCCC3=O)c2)c2ccccc2)cc1. The van der Waals surface area contributed by atoms with Gasteiger partial charge in [0.25, 0.3) is 5.91 Å². The van der Waals surface area contributed by atoms with Gasteiger partial charge in [0, 0.05) is 30.0 Å². The number of amides is 2. The zero-order valence-corrected chi connectivity index (χ0v) is 17.0. The van der Waals surface area contributed by atoms with Crippen LogP contribution in [0.4, 0.5) is 17.1 Å². The molecule has 5 heteroatoms. The molecule has 3 aromatic rings. The molecule has 4 rings (SSSR count). The van der Waals surface area contributed by atoms with E-state index in [2.05, 4.69) is 10.6 Å². The van der Waals surface area contributed by atoms with Gasteiger partial charge in [-0.15, -0.1) is 0 Å². The quantitative estimate of drug-likeness (QED) is 0.619. The third-order valence-corrected chi connectivity index (χ3v) is 5.26. The maximum atomic E-state index is 13.2. The minimum absolute atomic E-state index is 0.142. The lowest BCUT2D eigenvalue weighted by Gasteiger charge is -2.22. The zero-order chi connectivity index (χ0) is 20.9. The molecule has 1 heterocycles. The lowest BCUT2D eigenvalue weighted by Crippen LogP contribution is -2.27. The first kappa shape index (κ1) is 19.7. The molecule has 0 saturated carbocycles. The van der Waals surface area contributed by atoms with E-state index in [0.717, 1.165) is 41.2 Å². The summed E-state index contributed by atoms with van der Waals surface area (Å²) >= 11 is 0. The summed E-state index contributed by atoms with van der Waals surface area (Å²) in [5.74, 6) is -0.00317. The minimum Gasteiger partial charge on any atom is -0.370 e. The van der Waals surface area contributed by atoms with Gasteiger partial charge in [-0.2, -0.15) is 0 Å². The summed E-state index contributed by atoms with van der Waals surface area (Å²) in [5.41, 5.74) is 4.40. The van der Waals surface area contributed by atoms with E-state index in [4.69, 9.17) is 0 Å². The van der Waals surface area contributed by atoms with E-state index in [1.807, 2.05) is 85.8 Å². The predicted molar refractivity (Wildman–Crippen MR) is 121 cm³/mol. The van der Waals surface area contributed by atoms with Crippen molar-refractivity contribution in [3.05, 3.63) is 90.0 Å². The number of aryl methyl sites for hydroxylation is 1. The Hall–Kier alpha value is -3.60. The van der Waals surface area contributed by atoms with Gasteiger partial charge in [-0.1, -0.05) is 54.1 Å². The Morgan fingerprint density at radius 3 is 2.40 bits per heavy atom. The molecule has 30 heavy (non-hydrogen) atoms. The van der Waals surface area contributed by atoms with Crippen LogP contribution in [0.3, 0.4) is 0 Å². The first-order chi connectivity index (χ1) is 14.6. The van der Waals surface area contributed by atoms with Crippen molar-refractivity contribution in [1.82, 2.24) is 0 Å². The molecule has 1 unspecified atom stereocenters. The Kier molecular flexibility index (Phi) is 5.80. The average Bonchev–Trinajstić information content (AvgIpc) is 3.20. The summed E-state index contributed by atoms with van der Waals surface area (Å²) in [6.45, 7) is 2.75. The molecule has 0 bridgehead atoms. The molecule has 1 fully saturated rings. The number of anilines is 3. The van der Waals surface area contributed by atoms with Crippen LogP contribution in [0.15, 0.2) is 78.9 Å². The number of benzene rings is 3. The summed E-state index contributed by atoms with van der Waals surface area (Å²) in [5, 5.41) is 6.35. The zero-order valence-electron chi connectivity index (χ0n) is 17.0. The fraction of sp³-hybridized carbons (Fsp3) is 0.200. The van der Waals surface area contributed by atoms with Gasteiger partial charge < -0.3 is 15.5 Å². The van der Waals surface area contributed by atoms with E-state index in [1.54, 1.807) is 4.90 Å². The Balaban J connectivity index is 1.58. The second-order valence-corrected chi connectivity index (χ2v) is 7.54. The average molecular weight is 399 g/mol. The maximum absolute atomic E-state index is 13.2. The highest BCUT2D eigenvalue weighted by Crippen LogP contribution is 2.27. The smallest absolute Gasteiger partial charge is 0.251 e. The van der Waals surface area contributed by atoms with Gasteiger partial charge in [-0.25, -0.2) is 0 Å². The van der Waals surface area contributed by atoms with Crippen LogP contribution in [0.1, 0.15) is 30.0 Å². The topological polar surface area (TPSA) is 61.4 Å². The molecular formula is C25H25N3O2. The van der Waals surface area contributed by atoms with Crippen molar-refractivity contribution in [3.63, 3.8) is 0 Å². The Morgan fingerprint density at radius 2 is 1.70 bits per heavy atom. The summed E-state index contributed by atoms with van der Waals surface area (Å²) in [6, 6.07) is 24.5. The summed E-state index contributed by atoms with van der Waals surface area (Å²) in [7, 11) is 0. The molecule has 2 amide bonds. The van der Waals surface area contributed by atoms with Gasteiger partial charge in [0.2, 0.25) is 5.91 Å². The van der Waals surface area contributed by atoms with E-state index < -0.39 is 6.04 Å². The van der Waals surface area contributed by atoms with Crippen LogP contribution in [0.2, 0.25) is 0 Å². The Labute approximate surface area is 176 Å². The molecule has 152 valence electrons. The van der Waals surface area contributed by atoms with Crippen LogP contribution >= 0.6 is 0 Å². The molecule has 3 aromatic carbocycles. The number of carbonyl (C=O) groups excluding carboxylic acids is 2. The number of hydrogen-bond donors (Lipinski definition) is 2. The van der Waals surface area contributed by atoms with E-state index in [-0.39, 0.29) is 11.8 Å². The van der Waals surface area contributed by atoms with Crippen LogP contribution in [0, 0.1) is 6.92 Å². The molecule has 5 nitrogen and oxygen atoms in total. The summed E-state index contributed by atoms with van der Waals surface area (Å²) < 4.78 is 0. The van der Waals surface area contributed by atoms with Crippen molar-refractivity contribution < 1.29 is 9.59 Å². The number of hydrogen-bond acceptors (Lipinski definition) is 3. The maximum Gasteiger partial charge on any atom is 0.251 e. The van der Waals surface area contributed by atoms with Crippen LogP contribution in [-0.2, 0) is 9.59 Å². The van der Waals surface area contributed by atoms with Gasteiger partial charge in [-0.3, -0.25) is 9.59 Å². The number of rotatable bonds is 6. The summed E-state index contributed by atoms with van der Waals surface area (Å²) in [6.07, 6.45) is 1.46. The van der Waals surface area contributed by atoms with Gasteiger partial charge >= 0.3 is 0 Å². The number of nitrogens with zero attached hydrogens (tertiary/aromatic N) is 1. The normalized spacial score (nSPS) is 14.4. The second-order valence-electron chi connectivity index (χ2n) is 7.54. The fourth-order valence-corrected chi connectivity index (χ4v) is 3.65. The molecule has 0 aliphatic carbocycles. The van der Waals surface area contributed by atoms with Crippen LogP contribution in [-0.4, -0.2) is 18.4 Å². The number of carbonyl (C=O) groups is 2. The minimum atomic E-state index is -0.572. The van der Waals surface area contributed by atoms with Gasteiger partial charge in [0.1, 0.15) is 6.04 Å². The molecule has 0 spiro atoms. The molecule has 0 aromatic heterocycles. The van der Waals surface area contributed by atoms with Crippen molar-refractivity contribution in [3.8, 4) is 0 Å². The summed E-state index contributed by atoms with van der Waals surface area (Å²) in [4.78, 5) is 27.1. The highest BCUT2D eigenvalue weighted by atomic mass is 16.2. The third-order valence-electron chi connectivity index (χ3n) is 5.26. The molecule has 1 atom stereocenters. The molecule has 0 radical (unpaired) electrons. The van der Waals surface area contributed by atoms with E-state index in [9.17, 15) is 9.59 Å². The third kappa shape index (κ3) is 4.51. The highest BCUT2D eigenvalue weighted by Gasteiger charge is 2.23. The molecule has 1 aliphatic heterocycles. The van der Waals surface area contributed by atoms with Crippen molar-refractivity contribution >= 4 is 28.9 Å². The Morgan fingerprint density at radius 1 is 0.933 bits per heavy atom. The van der Waals surface area contributed by atoms with Crippen LogP contribution in [0.25, 0.3) is 0 Å². The molecule has 1 aliphatic rings. The van der Waals surface area contributed by atoms with Crippen LogP contribution in [0.5, 0.6) is 0 Å². The van der Waals surface area contributed by atoms with E-state index in [0.29, 0.717) is 6.42 Å². The number of nitrogens with one attached hydrogen (secondary N) is 2. The lowest BCUT2D eigenvalue weighted by atomic mass is 10.1. The standard InChI is InChI=1S/C25H25N3O2/c1-18-12-14-20(15-13-18)27-25(30)24(19-7-3-2-4-8-19)26-21-9-5-10-22(17-21)28-16-6-11-23(28)29/h2-5,7-10,12-15,17,24,26H,6,11,16H2,1H3,(H,27,30). The van der Waals surface area contributed by atoms with Crippen molar-refractivity contribution in [2.45, 2.75) is 25.8 Å². The molecule has 1 saturated heterocycles. The van der Waals surface area contributed by atoms with Crippen LogP contribution < -0.4 is 15.5 Å². The van der Waals surface area contributed by atoms with Crippen molar-refractivity contribution in [1.29, 1.82) is 0 Å². The largest absolute Gasteiger partial charge is 0.370 e. The first-order valence-electron chi connectivity index (χ1n) is 10.2. The van der Waals surface area contributed by atoms with E-state index >= 15 is 0 Å². The lowest BCUT2D eigenvalue weighted by molar-refractivity contribution is -0.117. The second kappa shape index (κ2) is 8.82. The monoisotopic (exact) mass is 399 g/mol. The molecule has 2 N–H and O–H groups in total. The van der Waals surface area contributed by atoms with Gasteiger partial charge in [-0.05, 0) is 49.2 Å². The Bertz CT molecular complexity index is 1030. The van der Waals surface area contributed by atoms with Crippen molar-refractivity contribution in [2.24, 2.45) is 0 Å². The van der Waals surface area contributed by atoms with Gasteiger partial charge in [0.15, 0.2) is 0 Å².